The van der Waals surface area contributed by atoms with Crippen LogP contribution in [-0.4, -0.2) is 55.1 Å². The van der Waals surface area contributed by atoms with Gasteiger partial charge in [-0.2, -0.15) is 31.3 Å². The number of amides is 1. The Morgan fingerprint density at radius 3 is 2.02 bits per heavy atom. The van der Waals surface area contributed by atoms with Gasteiger partial charge in [0.2, 0.25) is 11.8 Å². The van der Waals surface area contributed by atoms with E-state index in [2.05, 4.69) is 9.97 Å². The third-order valence-electron chi connectivity index (χ3n) is 6.04. The Hall–Kier alpha value is -3.58. The van der Waals surface area contributed by atoms with Crippen molar-refractivity contribution >= 4 is 23.2 Å². The molecule has 0 spiro atoms. The number of likely N-dealkylation sites (N-methyl/N-ethyl adjacent to an activating group) is 2. The molecule has 222 valence electrons. The first kappa shape index (κ1) is 31.9. The summed E-state index contributed by atoms with van der Waals surface area (Å²) in [5.41, 5.74) is -5.45. The van der Waals surface area contributed by atoms with E-state index in [1.807, 2.05) is 19.0 Å². The van der Waals surface area contributed by atoms with E-state index in [0.717, 1.165) is 4.90 Å². The fraction of sp³-hybridized carbons (Fsp3) is 0.370. The van der Waals surface area contributed by atoms with E-state index in [1.54, 1.807) is 18.2 Å². The largest absolute Gasteiger partial charge is 0.462 e. The Labute approximate surface area is 237 Å². The maximum Gasteiger partial charge on any atom is 0.416 e. The molecule has 0 aliphatic carbocycles. The summed E-state index contributed by atoms with van der Waals surface area (Å²) < 4.78 is 92.4. The number of rotatable bonds is 9. The van der Waals surface area contributed by atoms with Gasteiger partial charge in [-0.1, -0.05) is 23.7 Å². The molecule has 41 heavy (non-hydrogen) atoms. The Morgan fingerprint density at radius 2 is 1.49 bits per heavy atom. The summed E-state index contributed by atoms with van der Waals surface area (Å²) in [5, 5.41) is 0.213. The second-order valence-electron chi connectivity index (χ2n) is 9.81. The van der Waals surface area contributed by atoms with Crippen LogP contribution in [0.4, 0.5) is 32.0 Å². The number of hydrogen-bond donors (Lipinski definition) is 0. The van der Waals surface area contributed by atoms with Crippen LogP contribution in [0.2, 0.25) is 5.02 Å². The van der Waals surface area contributed by atoms with Gasteiger partial charge in [-0.3, -0.25) is 4.79 Å². The molecule has 1 heterocycles. The Morgan fingerprint density at radius 1 is 0.927 bits per heavy atom. The quantitative estimate of drug-likeness (QED) is 0.249. The van der Waals surface area contributed by atoms with Crippen molar-refractivity contribution in [2.75, 3.05) is 39.2 Å². The van der Waals surface area contributed by atoms with E-state index in [-0.39, 0.29) is 41.0 Å². The lowest BCUT2D eigenvalue weighted by Gasteiger charge is -2.31. The van der Waals surface area contributed by atoms with E-state index in [1.165, 1.54) is 33.2 Å². The highest BCUT2D eigenvalue weighted by atomic mass is 35.5. The lowest BCUT2D eigenvalue weighted by Crippen LogP contribution is -2.42. The second-order valence-corrected chi connectivity index (χ2v) is 10.2. The van der Waals surface area contributed by atoms with Crippen molar-refractivity contribution in [2.45, 2.75) is 31.6 Å². The molecule has 0 atom stereocenters. The number of alkyl halides is 6. The van der Waals surface area contributed by atoms with Gasteiger partial charge in [0, 0.05) is 13.6 Å². The van der Waals surface area contributed by atoms with Crippen molar-refractivity contribution < 1.29 is 40.6 Å². The molecule has 3 rings (SSSR count). The van der Waals surface area contributed by atoms with Crippen molar-refractivity contribution in [1.29, 1.82) is 0 Å². The van der Waals surface area contributed by atoms with E-state index < -0.39 is 40.4 Å². The third-order valence-corrected chi connectivity index (χ3v) is 6.35. The summed E-state index contributed by atoms with van der Waals surface area (Å²) in [6, 6.07) is 7.36. The SMILES string of the molecule is CN(C)CCOc1ncc(N(C)C(=O)C(C)(C)c2cc(C(F)(F)F)cc(C(F)(F)F)c2)c(Oc2ccccc2Cl)n1. The van der Waals surface area contributed by atoms with Crippen LogP contribution >= 0.6 is 11.6 Å². The second kappa shape index (κ2) is 12.1. The lowest BCUT2D eigenvalue weighted by atomic mass is 9.81. The highest BCUT2D eigenvalue weighted by molar-refractivity contribution is 6.32. The van der Waals surface area contributed by atoms with Crippen LogP contribution < -0.4 is 14.4 Å². The first-order valence-electron chi connectivity index (χ1n) is 12.1. The predicted molar refractivity (Wildman–Crippen MR) is 140 cm³/mol. The minimum Gasteiger partial charge on any atom is -0.462 e. The van der Waals surface area contributed by atoms with Crippen molar-refractivity contribution in [3.05, 3.63) is 70.4 Å². The van der Waals surface area contributed by atoms with E-state index in [9.17, 15) is 31.1 Å². The molecule has 0 unspecified atom stereocenters. The molecule has 0 aliphatic rings. The molecule has 1 amide bonds. The van der Waals surface area contributed by atoms with E-state index in [0.29, 0.717) is 18.7 Å². The first-order valence-corrected chi connectivity index (χ1v) is 12.4. The lowest BCUT2D eigenvalue weighted by molar-refractivity contribution is -0.143. The van der Waals surface area contributed by atoms with Crippen LogP contribution in [0.25, 0.3) is 0 Å². The van der Waals surface area contributed by atoms with Crippen LogP contribution in [-0.2, 0) is 22.6 Å². The highest BCUT2D eigenvalue weighted by Gasteiger charge is 2.41. The smallest absolute Gasteiger partial charge is 0.416 e. The maximum atomic E-state index is 13.7. The molecule has 0 bridgehead atoms. The molecule has 0 radical (unpaired) electrons. The number of benzene rings is 2. The normalized spacial score (nSPS) is 12.4. The zero-order valence-electron chi connectivity index (χ0n) is 22.7. The fourth-order valence-corrected chi connectivity index (χ4v) is 3.81. The number of ether oxygens (including phenoxy) is 2. The van der Waals surface area contributed by atoms with Crippen molar-refractivity contribution in [3.63, 3.8) is 0 Å². The number of nitrogens with zero attached hydrogens (tertiary/aromatic N) is 4. The van der Waals surface area contributed by atoms with Crippen LogP contribution in [0, 0.1) is 0 Å². The van der Waals surface area contributed by atoms with Crippen molar-refractivity contribution in [1.82, 2.24) is 14.9 Å². The summed E-state index contributed by atoms with van der Waals surface area (Å²) >= 11 is 6.21. The molecule has 7 nitrogen and oxygen atoms in total. The Kier molecular flexibility index (Phi) is 9.44. The minimum absolute atomic E-state index is 0.00613. The Bertz CT molecular complexity index is 1360. The average molecular weight is 605 g/mol. The molecule has 1 aromatic heterocycles. The van der Waals surface area contributed by atoms with E-state index in [4.69, 9.17) is 21.1 Å². The van der Waals surface area contributed by atoms with Crippen molar-refractivity contribution in [2.24, 2.45) is 0 Å². The topological polar surface area (TPSA) is 67.8 Å². The summed E-state index contributed by atoms with van der Waals surface area (Å²) in [6.07, 6.45) is -8.95. The summed E-state index contributed by atoms with van der Waals surface area (Å²) in [5.74, 6) is -0.875. The molecule has 0 N–H and O–H groups in total. The van der Waals surface area contributed by atoms with Gasteiger partial charge in [0.25, 0.3) is 0 Å². The average Bonchev–Trinajstić information content (AvgIpc) is 2.88. The summed E-state index contributed by atoms with van der Waals surface area (Å²) in [4.78, 5) is 24.9. The predicted octanol–water partition coefficient (Wildman–Crippen LogP) is 6.84. The number of hydrogen-bond acceptors (Lipinski definition) is 6. The van der Waals surface area contributed by atoms with Gasteiger partial charge in [0.15, 0.2) is 0 Å². The van der Waals surface area contributed by atoms with E-state index >= 15 is 0 Å². The van der Waals surface area contributed by atoms with Crippen molar-refractivity contribution in [3.8, 4) is 17.6 Å². The zero-order valence-corrected chi connectivity index (χ0v) is 23.4. The van der Waals surface area contributed by atoms with Gasteiger partial charge in [0.05, 0.1) is 27.8 Å². The van der Waals surface area contributed by atoms with Gasteiger partial charge in [0.1, 0.15) is 18.0 Å². The number of halogens is 7. The van der Waals surface area contributed by atoms with Crippen LogP contribution in [0.15, 0.2) is 48.7 Å². The monoisotopic (exact) mass is 604 g/mol. The minimum atomic E-state index is -5.08. The van der Waals surface area contributed by atoms with Gasteiger partial charge >= 0.3 is 18.4 Å². The maximum absolute atomic E-state index is 13.7. The number of carbonyl (C=O) groups excluding carboxylic acids is 1. The fourth-order valence-electron chi connectivity index (χ4n) is 3.64. The van der Waals surface area contributed by atoms with Gasteiger partial charge < -0.3 is 19.3 Å². The number of carbonyl (C=O) groups is 1. The molecule has 0 fully saturated rings. The molecule has 0 aliphatic heterocycles. The standard InChI is InChI=1S/C27H27ClF6N4O3/c1-25(2,16-12-17(26(29,30)31)14-18(13-16)27(32,33)34)23(39)38(5)20-15-35-24(40-11-10-37(3)4)36-22(20)41-21-9-7-6-8-19(21)28/h6-9,12-15H,10-11H2,1-5H3. The van der Waals surface area contributed by atoms with Crippen LogP contribution in [0.1, 0.15) is 30.5 Å². The summed E-state index contributed by atoms with van der Waals surface area (Å²) in [7, 11) is 4.94. The number of aromatic nitrogens is 2. The van der Waals surface area contributed by atoms with Gasteiger partial charge in [-0.25, -0.2) is 4.98 Å². The molecule has 14 heteroatoms. The van der Waals surface area contributed by atoms with Gasteiger partial charge in [-0.05, 0) is 63.8 Å². The number of anilines is 1. The molecular formula is C27H27ClF6N4O3. The highest BCUT2D eigenvalue weighted by Crippen LogP contribution is 2.41. The summed E-state index contributed by atoms with van der Waals surface area (Å²) in [6.45, 7) is 3.19. The molecule has 0 saturated heterocycles. The van der Waals surface area contributed by atoms with Gasteiger partial charge in [-0.15, -0.1) is 0 Å². The van der Waals surface area contributed by atoms with Crippen LogP contribution in [0.3, 0.4) is 0 Å². The molecule has 3 aromatic rings. The number of para-hydroxylation sites is 1. The molecular weight excluding hydrogens is 578 g/mol. The molecule has 2 aromatic carbocycles. The third kappa shape index (κ3) is 7.79. The van der Waals surface area contributed by atoms with Crippen LogP contribution in [0.5, 0.6) is 17.6 Å². The molecule has 0 saturated carbocycles. The zero-order chi connectivity index (χ0) is 30.8. The first-order chi connectivity index (χ1) is 18.9. The Balaban J connectivity index is 2.05.